The van der Waals surface area contributed by atoms with Crippen LogP contribution in [0.3, 0.4) is 0 Å². The molecule has 0 amide bonds. The van der Waals surface area contributed by atoms with Gasteiger partial charge in [-0.2, -0.15) is 0 Å². The molecule has 5 rings (SSSR count). The van der Waals surface area contributed by atoms with Gasteiger partial charge in [0.15, 0.2) is 0 Å². The van der Waals surface area contributed by atoms with Crippen LogP contribution in [-0.4, -0.2) is 0 Å². The Kier molecular flexibility index (Phi) is 2.11. The summed E-state index contributed by atoms with van der Waals surface area (Å²) in [6.45, 7) is 0. The van der Waals surface area contributed by atoms with Gasteiger partial charge >= 0.3 is 0 Å². The van der Waals surface area contributed by atoms with Crippen LogP contribution in [0.15, 0.2) is 69.1 Å². The number of benzene rings is 3. The summed E-state index contributed by atoms with van der Waals surface area (Å²) in [4.78, 5) is 9.56. The van der Waals surface area contributed by atoms with Crippen molar-refractivity contribution in [1.29, 1.82) is 0 Å². The van der Waals surface area contributed by atoms with E-state index in [1.54, 1.807) is 0 Å². The van der Waals surface area contributed by atoms with Gasteiger partial charge in [-0.3, -0.25) is 0 Å². The van der Waals surface area contributed by atoms with E-state index in [2.05, 4.69) is 52.3 Å². The number of hydrogen-bond acceptors (Lipinski definition) is 2. The fourth-order valence-corrected chi connectivity index (χ4v) is 3.49. The molecule has 98 valence electrons. The summed E-state index contributed by atoms with van der Waals surface area (Å²) >= 11 is 3.55. The minimum absolute atomic E-state index is 1.01. The zero-order valence-corrected chi connectivity index (χ0v) is 12.6. The fraction of sp³-hybridized carbons (Fsp3) is 0. The van der Waals surface area contributed by atoms with E-state index in [0.29, 0.717) is 0 Å². The van der Waals surface area contributed by atoms with Crippen LogP contribution in [0.1, 0.15) is 0 Å². The number of para-hydroxylation sites is 1. The Morgan fingerprint density at radius 1 is 0.762 bits per heavy atom. The Hall–Kier alpha value is -2.26. The number of nitrogens with zero attached hydrogens (tertiary/aromatic N) is 2. The molecule has 0 saturated carbocycles. The van der Waals surface area contributed by atoms with Gasteiger partial charge in [0.1, 0.15) is 0 Å². The Balaban J connectivity index is 2.00. The molecule has 0 spiro atoms. The van der Waals surface area contributed by atoms with Crippen molar-refractivity contribution in [1.82, 2.24) is 0 Å². The zero-order chi connectivity index (χ0) is 14.0. The first kappa shape index (κ1) is 11.4. The maximum atomic E-state index is 4.84. The lowest BCUT2D eigenvalue weighted by Crippen LogP contribution is -2.00. The molecule has 0 N–H and O–H groups in total. The average molecular weight is 333 g/mol. The van der Waals surface area contributed by atoms with Gasteiger partial charge in [-0.15, -0.1) is 0 Å². The molecular weight excluding hydrogens is 324 g/mol. The number of halogens is 1. The SMILES string of the molecule is Brc1ccc2c(c1)-c1c3c(ccc1=N2)=c1ccccc1=N3. The van der Waals surface area contributed by atoms with E-state index in [-0.39, 0.29) is 0 Å². The maximum absolute atomic E-state index is 4.84. The van der Waals surface area contributed by atoms with Crippen molar-refractivity contribution in [2.75, 3.05) is 0 Å². The highest BCUT2D eigenvalue weighted by Crippen LogP contribution is 2.40. The molecule has 3 aromatic rings. The lowest BCUT2D eigenvalue weighted by Gasteiger charge is -2.03. The molecule has 0 aliphatic carbocycles. The first-order valence-corrected chi connectivity index (χ1v) is 7.60. The van der Waals surface area contributed by atoms with Gasteiger partial charge in [-0.25, -0.2) is 9.98 Å². The van der Waals surface area contributed by atoms with Gasteiger partial charge in [0.25, 0.3) is 0 Å². The van der Waals surface area contributed by atoms with Crippen molar-refractivity contribution >= 4 is 27.3 Å². The molecule has 2 nitrogen and oxygen atoms in total. The molecule has 0 bridgehead atoms. The molecule has 2 aliphatic rings. The van der Waals surface area contributed by atoms with Crippen molar-refractivity contribution in [3.8, 4) is 11.1 Å². The Morgan fingerprint density at radius 3 is 2.62 bits per heavy atom. The van der Waals surface area contributed by atoms with Gasteiger partial charge < -0.3 is 0 Å². The predicted octanol–water partition coefficient (Wildman–Crippen LogP) is 3.93. The molecular formula is C18H9BrN2. The summed E-state index contributed by atoms with van der Waals surface area (Å²) < 4.78 is 1.07. The summed E-state index contributed by atoms with van der Waals surface area (Å²) in [5.74, 6) is 0. The van der Waals surface area contributed by atoms with E-state index in [9.17, 15) is 0 Å². The van der Waals surface area contributed by atoms with E-state index in [1.165, 1.54) is 10.4 Å². The first-order valence-electron chi connectivity index (χ1n) is 6.81. The maximum Gasteiger partial charge on any atom is 0.0817 e. The second-order valence-electron chi connectivity index (χ2n) is 5.26. The van der Waals surface area contributed by atoms with Gasteiger partial charge in [-0.05, 0) is 36.4 Å². The normalized spacial score (nSPS) is 12.8. The minimum Gasteiger partial charge on any atom is -0.248 e. The largest absolute Gasteiger partial charge is 0.248 e. The minimum atomic E-state index is 1.01. The van der Waals surface area contributed by atoms with Crippen LogP contribution in [0.2, 0.25) is 0 Å². The van der Waals surface area contributed by atoms with Crippen LogP contribution in [0.25, 0.3) is 11.1 Å². The Morgan fingerprint density at radius 2 is 1.67 bits per heavy atom. The fourth-order valence-electron chi connectivity index (χ4n) is 3.13. The highest BCUT2D eigenvalue weighted by Gasteiger charge is 2.20. The van der Waals surface area contributed by atoms with Gasteiger partial charge in [0.05, 0.1) is 22.1 Å². The molecule has 21 heavy (non-hydrogen) atoms. The van der Waals surface area contributed by atoms with Gasteiger partial charge in [0, 0.05) is 26.0 Å². The predicted molar refractivity (Wildman–Crippen MR) is 85.3 cm³/mol. The van der Waals surface area contributed by atoms with Crippen molar-refractivity contribution in [2.45, 2.75) is 0 Å². The highest BCUT2D eigenvalue weighted by molar-refractivity contribution is 9.10. The van der Waals surface area contributed by atoms with Crippen molar-refractivity contribution < 1.29 is 0 Å². The molecule has 0 radical (unpaired) electrons. The lowest BCUT2D eigenvalue weighted by atomic mass is 10.0. The lowest BCUT2D eigenvalue weighted by molar-refractivity contribution is 1.36. The van der Waals surface area contributed by atoms with Crippen LogP contribution in [0.5, 0.6) is 0 Å². The number of hydrogen-bond donors (Lipinski definition) is 0. The molecule has 3 aromatic carbocycles. The highest BCUT2D eigenvalue weighted by atomic mass is 79.9. The van der Waals surface area contributed by atoms with Crippen LogP contribution in [-0.2, 0) is 0 Å². The Bertz CT molecular complexity index is 1150. The van der Waals surface area contributed by atoms with E-state index in [0.717, 1.165) is 37.7 Å². The quantitative estimate of drug-likeness (QED) is 0.410. The third-order valence-electron chi connectivity index (χ3n) is 4.05. The van der Waals surface area contributed by atoms with Crippen LogP contribution < -0.4 is 10.7 Å². The van der Waals surface area contributed by atoms with Crippen LogP contribution in [0.4, 0.5) is 11.4 Å². The molecule has 0 unspecified atom stereocenters. The smallest absolute Gasteiger partial charge is 0.0817 e. The monoisotopic (exact) mass is 332 g/mol. The summed E-state index contributed by atoms with van der Waals surface area (Å²) in [5.41, 5.74) is 4.38. The third kappa shape index (κ3) is 1.47. The van der Waals surface area contributed by atoms with E-state index in [1.807, 2.05) is 18.2 Å². The van der Waals surface area contributed by atoms with Crippen LogP contribution >= 0.6 is 15.9 Å². The molecule has 2 aliphatic heterocycles. The molecule has 2 heterocycles. The molecule has 0 atom stereocenters. The second-order valence-corrected chi connectivity index (χ2v) is 6.17. The van der Waals surface area contributed by atoms with E-state index in [4.69, 9.17) is 9.98 Å². The zero-order valence-electron chi connectivity index (χ0n) is 11.0. The topological polar surface area (TPSA) is 24.7 Å². The number of fused-ring (bicyclic) bond motifs is 6. The summed E-state index contributed by atoms with van der Waals surface area (Å²) in [6, 6.07) is 18.7. The van der Waals surface area contributed by atoms with Crippen molar-refractivity contribution in [2.24, 2.45) is 9.98 Å². The molecule has 0 aromatic heterocycles. The van der Waals surface area contributed by atoms with Crippen molar-refractivity contribution in [3.05, 3.63) is 80.2 Å². The summed E-state index contributed by atoms with van der Waals surface area (Å²) in [5, 5.41) is 4.47. The molecule has 3 heteroatoms. The van der Waals surface area contributed by atoms with Gasteiger partial charge in [-0.1, -0.05) is 34.1 Å². The summed E-state index contributed by atoms with van der Waals surface area (Å²) in [7, 11) is 0. The standard InChI is InChI=1S/C18H9BrN2/c19-10-5-7-15-13(9-10)17-16(20-15)8-6-12-11-3-1-2-4-14(11)21-18(12)17/h1-9H. The molecule has 0 fully saturated rings. The van der Waals surface area contributed by atoms with Gasteiger partial charge in [0.2, 0.25) is 0 Å². The third-order valence-corrected chi connectivity index (χ3v) is 4.54. The molecule has 0 saturated heterocycles. The van der Waals surface area contributed by atoms with E-state index < -0.39 is 0 Å². The first-order chi connectivity index (χ1) is 10.3. The summed E-state index contributed by atoms with van der Waals surface area (Å²) in [6.07, 6.45) is 0. The Labute approximate surface area is 129 Å². The van der Waals surface area contributed by atoms with Crippen LogP contribution in [0, 0.1) is 10.4 Å². The van der Waals surface area contributed by atoms with E-state index >= 15 is 0 Å². The average Bonchev–Trinajstić information content (AvgIpc) is 3.04. The number of rotatable bonds is 0. The van der Waals surface area contributed by atoms with Crippen molar-refractivity contribution in [3.63, 3.8) is 0 Å². The second kappa shape index (κ2) is 3.89.